The lowest BCUT2D eigenvalue weighted by Gasteiger charge is -2.29. The molecule has 1 aromatic heterocycles. The number of carbonyl (C=O) groups excluding carboxylic acids is 3. The van der Waals surface area contributed by atoms with Crippen molar-refractivity contribution < 1.29 is 23.9 Å². The molecular weight excluding hydrogens is 410 g/mol. The van der Waals surface area contributed by atoms with E-state index < -0.39 is 23.7 Å². The van der Waals surface area contributed by atoms with Crippen LogP contribution in [-0.4, -0.2) is 59.2 Å². The van der Waals surface area contributed by atoms with Gasteiger partial charge in [0.15, 0.2) is 0 Å². The number of esters is 1. The number of nitrogens with zero attached hydrogens (tertiary/aromatic N) is 2. The first-order chi connectivity index (χ1) is 15.2. The van der Waals surface area contributed by atoms with Crippen LogP contribution in [0, 0.1) is 0 Å². The first-order valence-corrected chi connectivity index (χ1v) is 10.9. The molecule has 174 valence electrons. The van der Waals surface area contributed by atoms with Crippen molar-refractivity contribution in [1.29, 1.82) is 0 Å². The van der Waals surface area contributed by atoms with Crippen molar-refractivity contribution in [1.82, 2.24) is 15.2 Å². The zero-order valence-electron chi connectivity index (χ0n) is 19.3. The highest BCUT2D eigenvalue weighted by atomic mass is 16.6. The number of alkyl carbamates (subject to hydrolysis) is 1. The van der Waals surface area contributed by atoms with E-state index >= 15 is 0 Å². The summed E-state index contributed by atoms with van der Waals surface area (Å²) in [6.45, 7) is 7.23. The minimum Gasteiger partial charge on any atom is -0.465 e. The Morgan fingerprint density at radius 2 is 1.91 bits per heavy atom. The largest absolute Gasteiger partial charge is 0.465 e. The van der Waals surface area contributed by atoms with Crippen LogP contribution in [0.2, 0.25) is 0 Å². The maximum absolute atomic E-state index is 13.5. The maximum Gasteiger partial charge on any atom is 0.408 e. The number of ether oxygens (including phenoxy) is 2. The van der Waals surface area contributed by atoms with Crippen molar-refractivity contribution in [3.63, 3.8) is 0 Å². The van der Waals surface area contributed by atoms with Gasteiger partial charge in [-0.15, -0.1) is 0 Å². The van der Waals surface area contributed by atoms with Gasteiger partial charge in [0.05, 0.1) is 6.61 Å². The molecule has 2 amide bonds. The summed E-state index contributed by atoms with van der Waals surface area (Å²) in [5.41, 5.74) is 1.05. The van der Waals surface area contributed by atoms with Gasteiger partial charge in [-0.25, -0.2) is 4.79 Å². The second-order valence-electron chi connectivity index (χ2n) is 8.52. The number of aromatic nitrogens is 1. The number of pyridine rings is 1. The lowest BCUT2D eigenvalue weighted by Crippen LogP contribution is -2.52. The van der Waals surface area contributed by atoms with E-state index in [1.807, 2.05) is 18.2 Å². The molecule has 0 spiro atoms. The van der Waals surface area contributed by atoms with Crippen molar-refractivity contribution >= 4 is 18.0 Å². The molecule has 32 heavy (non-hydrogen) atoms. The summed E-state index contributed by atoms with van der Waals surface area (Å²) in [5.74, 6) is -0.887. The Morgan fingerprint density at radius 1 is 1.19 bits per heavy atom. The molecule has 2 rings (SSSR count). The van der Waals surface area contributed by atoms with Crippen molar-refractivity contribution in [2.24, 2.45) is 0 Å². The molecule has 1 aromatic rings. The molecule has 1 atom stereocenters. The van der Waals surface area contributed by atoms with Gasteiger partial charge in [0, 0.05) is 25.4 Å². The maximum atomic E-state index is 13.5. The summed E-state index contributed by atoms with van der Waals surface area (Å²) < 4.78 is 10.4. The van der Waals surface area contributed by atoms with Gasteiger partial charge < -0.3 is 19.7 Å². The SMILES string of the molecule is CCOC(=O)CN(CC1=CCCC=C1)C(=O)[C@@H](Cc1ccncc1)NC(=O)OC(C)(C)C. The highest BCUT2D eigenvalue weighted by molar-refractivity contribution is 5.89. The highest BCUT2D eigenvalue weighted by Crippen LogP contribution is 2.14. The van der Waals surface area contributed by atoms with Crippen LogP contribution in [0.3, 0.4) is 0 Å². The zero-order valence-corrected chi connectivity index (χ0v) is 19.3. The van der Waals surface area contributed by atoms with Crippen LogP contribution in [0.5, 0.6) is 0 Å². The normalized spacial score (nSPS) is 14.2. The van der Waals surface area contributed by atoms with Crippen molar-refractivity contribution in [3.8, 4) is 0 Å². The number of allylic oxidation sites excluding steroid dienone is 2. The molecule has 0 aromatic carbocycles. The van der Waals surface area contributed by atoms with Crippen LogP contribution >= 0.6 is 0 Å². The van der Waals surface area contributed by atoms with E-state index in [4.69, 9.17) is 9.47 Å². The van der Waals surface area contributed by atoms with Crippen molar-refractivity contribution in [2.45, 2.75) is 58.6 Å². The van der Waals surface area contributed by atoms with Gasteiger partial charge >= 0.3 is 12.1 Å². The Kier molecular flexibility index (Phi) is 9.43. The lowest BCUT2D eigenvalue weighted by atomic mass is 10.0. The second kappa shape index (κ2) is 12.0. The third kappa shape index (κ3) is 8.91. The fourth-order valence-corrected chi connectivity index (χ4v) is 3.20. The molecule has 1 N–H and O–H groups in total. The average Bonchev–Trinajstić information content (AvgIpc) is 2.72. The lowest BCUT2D eigenvalue weighted by molar-refractivity contribution is -0.149. The van der Waals surface area contributed by atoms with E-state index in [1.54, 1.807) is 52.2 Å². The molecule has 0 unspecified atom stereocenters. The Balaban J connectivity index is 2.26. The van der Waals surface area contributed by atoms with Gasteiger partial charge in [-0.1, -0.05) is 18.2 Å². The van der Waals surface area contributed by atoms with Gasteiger partial charge in [-0.05, 0) is 63.8 Å². The van der Waals surface area contributed by atoms with Crippen LogP contribution in [-0.2, 0) is 25.5 Å². The summed E-state index contributed by atoms with van der Waals surface area (Å²) in [6.07, 6.45) is 10.6. The minimum atomic E-state index is -0.921. The van der Waals surface area contributed by atoms with Crippen LogP contribution in [0.1, 0.15) is 46.1 Å². The number of amides is 2. The smallest absolute Gasteiger partial charge is 0.408 e. The van der Waals surface area contributed by atoms with Crippen molar-refractivity contribution in [3.05, 3.63) is 53.9 Å². The average molecular weight is 444 g/mol. The van der Waals surface area contributed by atoms with Crippen LogP contribution in [0.15, 0.2) is 48.3 Å². The fraction of sp³-hybridized carbons (Fsp3) is 0.500. The molecule has 0 saturated heterocycles. The van der Waals surface area contributed by atoms with E-state index in [1.165, 1.54) is 4.90 Å². The predicted octanol–water partition coefficient (Wildman–Crippen LogP) is 3.19. The first kappa shape index (κ1) is 25.1. The Hall–Kier alpha value is -3.16. The standard InChI is InChI=1S/C24H33N3O5/c1-5-31-21(28)17-27(16-19-9-7-6-8-10-19)22(29)20(15-18-11-13-25-14-12-18)26-23(30)32-24(2,3)4/h7,9-14,20H,5-6,8,15-17H2,1-4H3,(H,26,30)/t20-/m1/s1. The highest BCUT2D eigenvalue weighted by Gasteiger charge is 2.30. The van der Waals surface area contributed by atoms with Gasteiger partial charge in [-0.3, -0.25) is 14.6 Å². The summed E-state index contributed by atoms with van der Waals surface area (Å²) >= 11 is 0. The molecule has 1 heterocycles. The van der Waals surface area contributed by atoms with Gasteiger partial charge in [-0.2, -0.15) is 0 Å². The molecule has 0 bridgehead atoms. The zero-order chi connectivity index (χ0) is 23.6. The van der Waals surface area contributed by atoms with E-state index in [9.17, 15) is 14.4 Å². The fourth-order valence-electron chi connectivity index (χ4n) is 3.20. The van der Waals surface area contributed by atoms with Gasteiger partial charge in [0.1, 0.15) is 18.2 Å². The number of hydrogen-bond acceptors (Lipinski definition) is 6. The predicted molar refractivity (Wildman–Crippen MR) is 121 cm³/mol. The number of hydrogen-bond donors (Lipinski definition) is 1. The van der Waals surface area contributed by atoms with Crippen LogP contribution < -0.4 is 5.32 Å². The quantitative estimate of drug-likeness (QED) is 0.589. The number of carbonyl (C=O) groups is 3. The molecule has 0 fully saturated rings. The molecule has 1 aliphatic carbocycles. The summed E-state index contributed by atoms with van der Waals surface area (Å²) in [4.78, 5) is 43.6. The summed E-state index contributed by atoms with van der Waals surface area (Å²) in [6, 6.07) is 2.63. The summed E-state index contributed by atoms with van der Waals surface area (Å²) in [5, 5.41) is 2.68. The Bertz CT molecular complexity index is 843. The van der Waals surface area contributed by atoms with Crippen LogP contribution in [0.25, 0.3) is 0 Å². The molecule has 8 nitrogen and oxygen atoms in total. The topological polar surface area (TPSA) is 97.8 Å². The molecule has 1 aliphatic rings. The van der Waals surface area contributed by atoms with Crippen molar-refractivity contribution in [2.75, 3.05) is 19.7 Å². The third-order valence-electron chi connectivity index (χ3n) is 4.56. The third-order valence-corrected chi connectivity index (χ3v) is 4.56. The number of rotatable bonds is 9. The molecular formula is C24H33N3O5. The summed E-state index contributed by atoms with van der Waals surface area (Å²) in [7, 11) is 0. The molecule has 0 saturated carbocycles. The van der Waals surface area contributed by atoms with Crippen LogP contribution in [0.4, 0.5) is 4.79 Å². The molecule has 0 aliphatic heterocycles. The first-order valence-electron chi connectivity index (χ1n) is 10.9. The number of nitrogens with one attached hydrogen (secondary N) is 1. The Labute approximate surface area is 189 Å². The minimum absolute atomic E-state index is 0.208. The van der Waals surface area contributed by atoms with E-state index in [0.29, 0.717) is 0 Å². The van der Waals surface area contributed by atoms with E-state index in [2.05, 4.69) is 10.3 Å². The van der Waals surface area contributed by atoms with E-state index in [-0.39, 0.29) is 32.0 Å². The monoisotopic (exact) mass is 443 g/mol. The molecule has 8 heteroatoms. The van der Waals surface area contributed by atoms with Gasteiger partial charge in [0.25, 0.3) is 0 Å². The Morgan fingerprint density at radius 3 is 2.50 bits per heavy atom. The van der Waals surface area contributed by atoms with E-state index in [0.717, 1.165) is 24.0 Å². The molecule has 0 radical (unpaired) electrons. The second-order valence-corrected chi connectivity index (χ2v) is 8.52. The van der Waals surface area contributed by atoms with Gasteiger partial charge in [0.2, 0.25) is 5.91 Å².